The number of aromatic amines is 1. The van der Waals surface area contributed by atoms with E-state index >= 15 is 0 Å². The van der Waals surface area contributed by atoms with Crippen molar-refractivity contribution in [3.63, 3.8) is 0 Å². The molecule has 1 heterocycles. The van der Waals surface area contributed by atoms with Crippen LogP contribution in [0.2, 0.25) is 0 Å². The predicted molar refractivity (Wildman–Crippen MR) is 64.3 cm³/mol. The number of aryl methyl sites for hydroxylation is 1. The number of carbonyl (C=O) groups excluding carboxylic acids is 1. The summed E-state index contributed by atoms with van der Waals surface area (Å²) >= 11 is 3.68. The highest BCUT2D eigenvalue weighted by Crippen LogP contribution is 2.21. The summed E-state index contributed by atoms with van der Waals surface area (Å²) in [5, 5.41) is 3.53. The van der Waals surface area contributed by atoms with Crippen molar-refractivity contribution in [3.05, 3.63) is 35.5 Å². The first-order valence-electron chi connectivity index (χ1n) is 4.71. The number of benzene rings is 1. The molecule has 2 rings (SSSR count). The highest BCUT2D eigenvalue weighted by molar-refractivity contribution is 7.96. The summed E-state index contributed by atoms with van der Waals surface area (Å²) in [5.41, 5.74) is 3.30. The average molecular weight is 220 g/mol. The molecule has 1 aromatic carbocycles. The van der Waals surface area contributed by atoms with Gasteiger partial charge in [-0.3, -0.25) is 4.79 Å². The first-order valence-corrected chi connectivity index (χ1v) is 5.16. The van der Waals surface area contributed by atoms with Crippen LogP contribution in [-0.2, 0) is 6.54 Å². The van der Waals surface area contributed by atoms with Crippen LogP contribution in [0.1, 0.15) is 11.3 Å². The van der Waals surface area contributed by atoms with Crippen LogP contribution in [0, 0.1) is 6.92 Å². The van der Waals surface area contributed by atoms with E-state index in [4.69, 9.17) is 0 Å². The maximum absolute atomic E-state index is 10.7. The number of fused-ring (bicyclic) bond motifs is 1. The van der Waals surface area contributed by atoms with E-state index in [-0.39, 0.29) is 5.24 Å². The molecule has 0 unspecified atom stereocenters. The maximum atomic E-state index is 10.7. The van der Waals surface area contributed by atoms with Gasteiger partial charge in [-0.25, -0.2) is 0 Å². The minimum absolute atomic E-state index is 0.306. The minimum Gasteiger partial charge on any atom is -0.358 e. The van der Waals surface area contributed by atoms with Gasteiger partial charge in [0.15, 0.2) is 0 Å². The van der Waals surface area contributed by atoms with Gasteiger partial charge in [0.2, 0.25) is 0 Å². The zero-order valence-corrected chi connectivity index (χ0v) is 9.27. The third-order valence-corrected chi connectivity index (χ3v) is 2.60. The van der Waals surface area contributed by atoms with Crippen LogP contribution in [0.4, 0.5) is 4.79 Å². The molecule has 0 aliphatic heterocycles. The number of hydrogen-bond donors (Lipinski definition) is 3. The monoisotopic (exact) mass is 220 g/mol. The topological polar surface area (TPSA) is 44.9 Å². The molecular weight excluding hydrogens is 208 g/mol. The van der Waals surface area contributed by atoms with E-state index in [0.29, 0.717) is 6.54 Å². The molecule has 0 radical (unpaired) electrons. The van der Waals surface area contributed by atoms with Gasteiger partial charge in [-0.1, -0.05) is 30.8 Å². The zero-order chi connectivity index (χ0) is 10.8. The summed E-state index contributed by atoms with van der Waals surface area (Å²) in [6.07, 6.45) is 0. The third-order valence-electron chi connectivity index (χ3n) is 2.44. The van der Waals surface area contributed by atoms with E-state index in [1.807, 2.05) is 31.2 Å². The Morgan fingerprint density at radius 3 is 2.93 bits per heavy atom. The van der Waals surface area contributed by atoms with Gasteiger partial charge in [-0.15, -0.1) is 0 Å². The Balaban J connectivity index is 2.40. The number of carbonyl (C=O) groups is 1. The van der Waals surface area contributed by atoms with Crippen LogP contribution in [0.3, 0.4) is 0 Å². The minimum atomic E-state index is -0.306. The molecule has 0 spiro atoms. The van der Waals surface area contributed by atoms with Gasteiger partial charge in [0.05, 0.1) is 0 Å². The Bertz CT molecular complexity index is 504. The third kappa shape index (κ3) is 1.99. The predicted octanol–water partition coefficient (Wildman–Crippen LogP) is 2.62. The van der Waals surface area contributed by atoms with Gasteiger partial charge in [0, 0.05) is 23.1 Å². The Hall–Kier alpha value is -1.42. The van der Waals surface area contributed by atoms with Gasteiger partial charge in [0.25, 0.3) is 5.24 Å². The van der Waals surface area contributed by atoms with E-state index in [1.165, 1.54) is 0 Å². The standard InChI is InChI=1S/C11H12N2OS/c1-7-9(6-12-11(14)15)8-4-2-3-5-10(8)13-7/h2-5,13H,6H2,1H3,(H2,12,14,15). The molecule has 4 heteroatoms. The van der Waals surface area contributed by atoms with Crippen LogP contribution in [-0.4, -0.2) is 10.2 Å². The molecule has 0 aliphatic rings. The lowest BCUT2D eigenvalue weighted by molar-refractivity contribution is 0.261. The van der Waals surface area contributed by atoms with Crippen molar-refractivity contribution in [2.24, 2.45) is 0 Å². The van der Waals surface area contributed by atoms with Crippen molar-refractivity contribution >= 4 is 28.8 Å². The summed E-state index contributed by atoms with van der Waals surface area (Å²) in [6.45, 7) is 2.51. The second-order valence-electron chi connectivity index (χ2n) is 3.43. The Morgan fingerprint density at radius 1 is 1.47 bits per heavy atom. The van der Waals surface area contributed by atoms with Crippen molar-refractivity contribution in [2.75, 3.05) is 0 Å². The largest absolute Gasteiger partial charge is 0.358 e. The summed E-state index contributed by atoms with van der Waals surface area (Å²) in [5.74, 6) is 0. The van der Waals surface area contributed by atoms with E-state index < -0.39 is 0 Å². The first kappa shape index (κ1) is 10.1. The fourth-order valence-electron chi connectivity index (χ4n) is 1.73. The quantitative estimate of drug-likeness (QED) is 0.669. The van der Waals surface area contributed by atoms with Crippen molar-refractivity contribution in [1.29, 1.82) is 0 Å². The SMILES string of the molecule is Cc1[nH]c2ccccc2c1CNC(=O)S. The fourth-order valence-corrected chi connectivity index (χ4v) is 1.81. The van der Waals surface area contributed by atoms with Gasteiger partial charge >= 0.3 is 0 Å². The number of hydrogen-bond acceptors (Lipinski definition) is 1. The highest BCUT2D eigenvalue weighted by atomic mass is 32.1. The van der Waals surface area contributed by atoms with Crippen LogP contribution >= 0.6 is 12.6 Å². The lowest BCUT2D eigenvalue weighted by atomic mass is 10.1. The van der Waals surface area contributed by atoms with E-state index in [2.05, 4.69) is 22.9 Å². The first-order chi connectivity index (χ1) is 7.18. The molecule has 0 atom stereocenters. The fraction of sp³-hybridized carbons (Fsp3) is 0.182. The van der Waals surface area contributed by atoms with Gasteiger partial charge < -0.3 is 10.3 Å². The number of thiol groups is 1. The lowest BCUT2D eigenvalue weighted by Crippen LogP contribution is -2.15. The van der Waals surface area contributed by atoms with Crippen LogP contribution in [0.15, 0.2) is 24.3 Å². The zero-order valence-electron chi connectivity index (χ0n) is 8.37. The summed E-state index contributed by atoms with van der Waals surface area (Å²) in [4.78, 5) is 14.0. The summed E-state index contributed by atoms with van der Waals surface area (Å²) < 4.78 is 0. The summed E-state index contributed by atoms with van der Waals surface area (Å²) in [6, 6.07) is 8.04. The van der Waals surface area contributed by atoms with Crippen molar-refractivity contribution in [2.45, 2.75) is 13.5 Å². The highest BCUT2D eigenvalue weighted by Gasteiger charge is 2.07. The Morgan fingerprint density at radius 2 is 2.20 bits per heavy atom. The second kappa shape index (κ2) is 3.98. The number of rotatable bonds is 2. The molecule has 0 saturated carbocycles. The van der Waals surface area contributed by atoms with E-state index in [9.17, 15) is 4.79 Å². The Labute approximate surface area is 93.3 Å². The average Bonchev–Trinajstić information content (AvgIpc) is 2.50. The van der Waals surface area contributed by atoms with Crippen LogP contribution in [0.25, 0.3) is 10.9 Å². The number of para-hydroxylation sites is 1. The lowest BCUT2D eigenvalue weighted by Gasteiger charge is -2.01. The Kier molecular flexibility index (Phi) is 2.68. The van der Waals surface area contributed by atoms with Gasteiger partial charge in [-0.05, 0) is 18.6 Å². The molecule has 78 valence electrons. The van der Waals surface area contributed by atoms with Crippen molar-refractivity contribution < 1.29 is 4.79 Å². The second-order valence-corrected chi connectivity index (χ2v) is 3.84. The van der Waals surface area contributed by atoms with Gasteiger partial charge in [0.1, 0.15) is 0 Å². The van der Waals surface area contributed by atoms with Crippen molar-refractivity contribution in [1.82, 2.24) is 10.3 Å². The maximum Gasteiger partial charge on any atom is 0.276 e. The normalized spacial score (nSPS) is 10.5. The molecule has 0 fully saturated rings. The molecule has 0 bridgehead atoms. The molecule has 1 aromatic heterocycles. The van der Waals surface area contributed by atoms with Crippen LogP contribution in [0.5, 0.6) is 0 Å². The van der Waals surface area contributed by atoms with Crippen molar-refractivity contribution in [3.8, 4) is 0 Å². The molecule has 0 aliphatic carbocycles. The molecule has 15 heavy (non-hydrogen) atoms. The molecular formula is C11H12N2OS. The molecule has 0 saturated heterocycles. The van der Waals surface area contributed by atoms with Gasteiger partial charge in [-0.2, -0.15) is 0 Å². The smallest absolute Gasteiger partial charge is 0.276 e. The van der Waals surface area contributed by atoms with E-state index in [0.717, 1.165) is 22.2 Å². The number of amides is 1. The molecule has 2 aromatic rings. The number of aromatic nitrogens is 1. The molecule has 2 N–H and O–H groups in total. The number of H-pyrrole nitrogens is 1. The molecule has 1 amide bonds. The van der Waals surface area contributed by atoms with Crippen LogP contribution < -0.4 is 5.32 Å². The summed E-state index contributed by atoms with van der Waals surface area (Å²) in [7, 11) is 0. The van der Waals surface area contributed by atoms with E-state index in [1.54, 1.807) is 0 Å². The molecule has 3 nitrogen and oxygen atoms in total. The number of nitrogens with one attached hydrogen (secondary N) is 2.